The maximum Gasteiger partial charge on any atom is 0.498 e. The van der Waals surface area contributed by atoms with Crippen molar-refractivity contribution in [1.29, 1.82) is 0 Å². The lowest BCUT2D eigenvalue weighted by molar-refractivity contribution is -0.0102. The quantitative estimate of drug-likeness (QED) is 0.471. The molecule has 0 rings (SSSR count). The van der Waals surface area contributed by atoms with E-state index in [1.807, 2.05) is 0 Å². The Balaban J connectivity index is 3.96. The molecule has 0 saturated carbocycles. The smallest absolute Gasteiger partial charge is 0.377 e. The minimum Gasteiger partial charge on any atom is -0.377 e. The average Bonchev–Trinajstić information content (AvgIpc) is 2.28. The van der Waals surface area contributed by atoms with Crippen LogP contribution in [0.5, 0.6) is 0 Å². The SMILES string of the molecule is CO[Si](C)(OC)OCO[Si](C)(OC)OC. The van der Waals surface area contributed by atoms with Crippen LogP contribution >= 0.6 is 0 Å². The van der Waals surface area contributed by atoms with Crippen molar-refractivity contribution in [2.24, 2.45) is 0 Å². The zero-order valence-electron chi connectivity index (χ0n) is 10.2. The number of hydrogen-bond acceptors (Lipinski definition) is 6. The van der Waals surface area contributed by atoms with Gasteiger partial charge in [-0.2, -0.15) is 0 Å². The first-order valence-electron chi connectivity index (χ1n) is 4.44. The molecule has 0 amide bonds. The molecule has 15 heavy (non-hydrogen) atoms. The molecule has 0 saturated heterocycles. The van der Waals surface area contributed by atoms with E-state index in [1.165, 1.54) is 0 Å². The van der Waals surface area contributed by atoms with Crippen molar-refractivity contribution in [2.45, 2.75) is 13.1 Å². The summed E-state index contributed by atoms with van der Waals surface area (Å²) >= 11 is 0. The van der Waals surface area contributed by atoms with Crippen LogP contribution in [-0.4, -0.2) is 52.8 Å². The molecule has 0 bridgehead atoms. The van der Waals surface area contributed by atoms with Gasteiger partial charge >= 0.3 is 17.6 Å². The van der Waals surface area contributed by atoms with Crippen LogP contribution in [0.2, 0.25) is 13.1 Å². The summed E-state index contributed by atoms with van der Waals surface area (Å²) in [7, 11) is 1.09. The number of hydrogen-bond donors (Lipinski definition) is 0. The summed E-state index contributed by atoms with van der Waals surface area (Å²) in [5.74, 6) is 0. The van der Waals surface area contributed by atoms with Crippen molar-refractivity contribution < 1.29 is 26.6 Å². The largest absolute Gasteiger partial charge is 0.498 e. The molecule has 0 radical (unpaired) electrons. The van der Waals surface area contributed by atoms with Crippen LogP contribution in [0.3, 0.4) is 0 Å². The van der Waals surface area contributed by atoms with Crippen LogP contribution in [-0.2, 0) is 26.6 Å². The van der Waals surface area contributed by atoms with E-state index in [2.05, 4.69) is 0 Å². The Labute approximate surface area is 93.1 Å². The van der Waals surface area contributed by atoms with Gasteiger partial charge in [0.15, 0.2) is 0 Å². The first-order chi connectivity index (χ1) is 6.95. The molecule has 0 aliphatic carbocycles. The fraction of sp³-hybridized carbons (Fsp3) is 1.00. The third kappa shape index (κ3) is 5.18. The molecule has 0 N–H and O–H groups in total. The predicted molar refractivity (Wildman–Crippen MR) is 58.3 cm³/mol. The summed E-state index contributed by atoms with van der Waals surface area (Å²) in [6.45, 7) is 3.58. The minimum absolute atomic E-state index is 0.0365. The molecule has 0 aliphatic rings. The monoisotopic (exact) mass is 256 g/mol. The summed E-state index contributed by atoms with van der Waals surface area (Å²) in [5, 5.41) is 0. The van der Waals surface area contributed by atoms with Crippen LogP contribution in [0.4, 0.5) is 0 Å². The Morgan fingerprint density at radius 3 is 1.13 bits per heavy atom. The summed E-state index contributed by atoms with van der Waals surface area (Å²) in [6, 6.07) is 0. The second-order valence-electron chi connectivity index (χ2n) is 2.95. The molecule has 92 valence electrons. The van der Waals surface area contributed by atoms with Crippen molar-refractivity contribution in [1.82, 2.24) is 0 Å². The highest BCUT2D eigenvalue weighted by atomic mass is 28.4. The third-order valence-corrected chi connectivity index (χ3v) is 6.38. The van der Waals surface area contributed by atoms with Gasteiger partial charge in [-0.3, -0.25) is 0 Å². The molecule has 0 aromatic heterocycles. The first kappa shape index (κ1) is 15.2. The highest BCUT2D eigenvalue weighted by molar-refractivity contribution is 6.60. The van der Waals surface area contributed by atoms with Gasteiger partial charge in [-0.25, -0.2) is 0 Å². The summed E-state index contributed by atoms with van der Waals surface area (Å²) < 4.78 is 31.2. The Kier molecular flexibility index (Phi) is 6.79. The summed E-state index contributed by atoms with van der Waals surface area (Å²) in [5.41, 5.74) is 0. The van der Waals surface area contributed by atoms with Crippen LogP contribution in [0.1, 0.15) is 0 Å². The second-order valence-corrected chi connectivity index (χ2v) is 8.61. The van der Waals surface area contributed by atoms with Gasteiger partial charge in [0, 0.05) is 41.5 Å². The van der Waals surface area contributed by atoms with Gasteiger partial charge in [0.1, 0.15) is 6.79 Å². The zero-order valence-corrected chi connectivity index (χ0v) is 12.2. The topological polar surface area (TPSA) is 55.4 Å². The molecular formula is C7H20O6Si2. The van der Waals surface area contributed by atoms with Gasteiger partial charge in [-0.05, 0) is 0 Å². The standard InChI is InChI=1S/C7H20O6Si2/c1-8-14(5,9-2)12-7-13-15(6,10-3)11-4/h7H2,1-6H3. The average molecular weight is 256 g/mol. The van der Waals surface area contributed by atoms with Crippen LogP contribution in [0.15, 0.2) is 0 Å². The van der Waals surface area contributed by atoms with Gasteiger partial charge in [0.05, 0.1) is 0 Å². The zero-order chi connectivity index (χ0) is 11.9. The molecule has 8 heteroatoms. The van der Waals surface area contributed by atoms with Crippen molar-refractivity contribution >= 4 is 17.6 Å². The van der Waals surface area contributed by atoms with Gasteiger partial charge in [0.2, 0.25) is 0 Å². The Morgan fingerprint density at radius 2 is 0.933 bits per heavy atom. The van der Waals surface area contributed by atoms with Crippen molar-refractivity contribution in [2.75, 3.05) is 35.2 Å². The predicted octanol–water partition coefficient (Wildman–Crippen LogP) is 0.700. The van der Waals surface area contributed by atoms with E-state index >= 15 is 0 Å². The molecule has 0 aromatic rings. The Morgan fingerprint density at radius 1 is 0.667 bits per heavy atom. The second kappa shape index (κ2) is 6.71. The van der Waals surface area contributed by atoms with Crippen LogP contribution < -0.4 is 0 Å². The van der Waals surface area contributed by atoms with E-state index in [4.69, 9.17) is 26.6 Å². The molecule has 0 spiro atoms. The van der Waals surface area contributed by atoms with Gasteiger partial charge < -0.3 is 26.6 Å². The summed E-state index contributed by atoms with van der Waals surface area (Å²) in [6.07, 6.45) is 0. The normalized spacial score (nSPS) is 13.2. The fourth-order valence-electron chi connectivity index (χ4n) is 0.646. The lowest BCUT2D eigenvalue weighted by atomic mass is 11.6. The molecule has 0 fully saturated rings. The van der Waals surface area contributed by atoms with Crippen molar-refractivity contribution in [3.8, 4) is 0 Å². The van der Waals surface area contributed by atoms with E-state index in [0.29, 0.717) is 0 Å². The lowest BCUT2D eigenvalue weighted by Gasteiger charge is -2.26. The van der Waals surface area contributed by atoms with Crippen molar-refractivity contribution in [3.05, 3.63) is 0 Å². The maximum atomic E-state index is 5.37. The first-order valence-corrected chi connectivity index (χ1v) is 8.88. The fourth-order valence-corrected chi connectivity index (χ4v) is 2.11. The minimum atomic E-state index is -2.54. The molecule has 0 unspecified atom stereocenters. The molecular weight excluding hydrogens is 236 g/mol. The number of rotatable bonds is 8. The van der Waals surface area contributed by atoms with Crippen LogP contribution in [0, 0.1) is 0 Å². The molecule has 6 nitrogen and oxygen atoms in total. The van der Waals surface area contributed by atoms with Crippen molar-refractivity contribution in [3.63, 3.8) is 0 Å². The molecule has 0 heterocycles. The molecule has 0 aliphatic heterocycles. The van der Waals surface area contributed by atoms with Crippen LogP contribution in [0.25, 0.3) is 0 Å². The van der Waals surface area contributed by atoms with E-state index < -0.39 is 17.6 Å². The van der Waals surface area contributed by atoms with E-state index in [1.54, 1.807) is 41.5 Å². The van der Waals surface area contributed by atoms with E-state index in [0.717, 1.165) is 0 Å². The lowest BCUT2D eigenvalue weighted by Crippen LogP contribution is -2.45. The highest BCUT2D eigenvalue weighted by Gasteiger charge is 2.36. The maximum absolute atomic E-state index is 5.37. The van der Waals surface area contributed by atoms with E-state index in [9.17, 15) is 0 Å². The summed E-state index contributed by atoms with van der Waals surface area (Å²) in [4.78, 5) is 0. The van der Waals surface area contributed by atoms with Gasteiger partial charge in [0.25, 0.3) is 0 Å². The van der Waals surface area contributed by atoms with Gasteiger partial charge in [-0.15, -0.1) is 0 Å². The Hall–Kier alpha value is 0.194. The Bertz CT molecular complexity index is 153. The van der Waals surface area contributed by atoms with E-state index in [-0.39, 0.29) is 6.79 Å². The molecule has 0 aromatic carbocycles. The highest BCUT2D eigenvalue weighted by Crippen LogP contribution is 2.10. The molecule has 0 atom stereocenters. The third-order valence-electron chi connectivity index (χ3n) is 2.13. The van der Waals surface area contributed by atoms with Gasteiger partial charge in [-0.1, -0.05) is 0 Å².